The lowest BCUT2D eigenvalue weighted by atomic mass is 10.0. The average Bonchev–Trinajstić information content (AvgIpc) is 2.38. The van der Waals surface area contributed by atoms with Crippen LogP contribution < -0.4 is 10.5 Å². The van der Waals surface area contributed by atoms with E-state index in [0.717, 1.165) is 12.8 Å². The molecule has 0 aliphatic carbocycles. The third-order valence-corrected chi connectivity index (χ3v) is 5.39. The molecule has 0 bridgehead atoms. The SMILES string of the molecule is COc1ccc(S(=O)(=O)N2CCCC(C)C2)c(N)c1. The van der Waals surface area contributed by atoms with Gasteiger partial charge in [0.25, 0.3) is 0 Å². The van der Waals surface area contributed by atoms with Crippen LogP contribution in [0.4, 0.5) is 5.69 Å². The lowest BCUT2D eigenvalue weighted by Gasteiger charge is -2.30. The molecule has 19 heavy (non-hydrogen) atoms. The van der Waals surface area contributed by atoms with Gasteiger partial charge in [-0.3, -0.25) is 0 Å². The van der Waals surface area contributed by atoms with Crippen molar-refractivity contribution < 1.29 is 13.2 Å². The Balaban J connectivity index is 2.33. The Hall–Kier alpha value is -1.27. The fourth-order valence-corrected chi connectivity index (χ4v) is 4.09. The van der Waals surface area contributed by atoms with Crippen molar-refractivity contribution in [3.05, 3.63) is 18.2 Å². The van der Waals surface area contributed by atoms with Crippen molar-refractivity contribution >= 4 is 15.7 Å². The van der Waals surface area contributed by atoms with Gasteiger partial charge in [0.05, 0.1) is 12.8 Å². The van der Waals surface area contributed by atoms with E-state index in [2.05, 4.69) is 6.92 Å². The lowest BCUT2D eigenvalue weighted by Crippen LogP contribution is -2.39. The van der Waals surface area contributed by atoms with Crippen molar-refractivity contribution in [2.75, 3.05) is 25.9 Å². The summed E-state index contributed by atoms with van der Waals surface area (Å²) in [4.78, 5) is 0.169. The molecule has 1 aliphatic rings. The molecule has 2 N–H and O–H groups in total. The van der Waals surface area contributed by atoms with E-state index in [1.807, 2.05) is 0 Å². The number of benzene rings is 1. The largest absolute Gasteiger partial charge is 0.497 e. The quantitative estimate of drug-likeness (QED) is 0.857. The molecule has 1 atom stereocenters. The van der Waals surface area contributed by atoms with Crippen molar-refractivity contribution in [3.63, 3.8) is 0 Å². The fourth-order valence-electron chi connectivity index (χ4n) is 2.39. The number of piperidine rings is 1. The van der Waals surface area contributed by atoms with Crippen LogP contribution in [0.25, 0.3) is 0 Å². The third-order valence-electron chi connectivity index (χ3n) is 3.45. The zero-order chi connectivity index (χ0) is 14.0. The van der Waals surface area contributed by atoms with E-state index in [-0.39, 0.29) is 10.6 Å². The Morgan fingerprint density at radius 2 is 2.16 bits per heavy atom. The van der Waals surface area contributed by atoms with E-state index in [1.54, 1.807) is 12.1 Å². The highest BCUT2D eigenvalue weighted by atomic mass is 32.2. The second kappa shape index (κ2) is 5.38. The number of nitrogens with two attached hydrogens (primary N) is 1. The van der Waals surface area contributed by atoms with Crippen LogP contribution in [0.1, 0.15) is 19.8 Å². The molecular weight excluding hydrogens is 264 g/mol. The monoisotopic (exact) mass is 284 g/mol. The molecule has 1 aromatic carbocycles. The molecule has 1 aliphatic heterocycles. The van der Waals surface area contributed by atoms with Crippen molar-refractivity contribution in [1.82, 2.24) is 4.31 Å². The van der Waals surface area contributed by atoms with Crippen LogP contribution in [0, 0.1) is 5.92 Å². The summed E-state index contributed by atoms with van der Waals surface area (Å²) in [5, 5.41) is 0. The molecule has 1 heterocycles. The van der Waals surface area contributed by atoms with E-state index < -0.39 is 10.0 Å². The number of nitrogens with zero attached hydrogens (tertiary/aromatic N) is 1. The van der Waals surface area contributed by atoms with Crippen LogP contribution >= 0.6 is 0 Å². The number of methoxy groups -OCH3 is 1. The van der Waals surface area contributed by atoms with Gasteiger partial charge in [0, 0.05) is 19.2 Å². The summed E-state index contributed by atoms with van der Waals surface area (Å²) in [5.41, 5.74) is 6.07. The molecule has 1 fully saturated rings. The number of hydrogen-bond acceptors (Lipinski definition) is 4. The third kappa shape index (κ3) is 2.84. The Labute approximate surface area is 114 Å². The predicted octanol–water partition coefficient (Wildman–Crippen LogP) is 1.70. The maximum absolute atomic E-state index is 12.6. The van der Waals surface area contributed by atoms with Gasteiger partial charge in [-0.15, -0.1) is 0 Å². The second-order valence-corrected chi connectivity index (χ2v) is 6.92. The first-order chi connectivity index (χ1) is 8.95. The van der Waals surface area contributed by atoms with E-state index in [0.29, 0.717) is 24.8 Å². The maximum Gasteiger partial charge on any atom is 0.245 e. The molecule has 106 valence electrons. The molecule has 1 saturated heterocycles. The van der Waals surface area contributed by atoms with Gasteiger partial charge in [-0.25, -0.2) is 8.42 Å². The Morgan fingerprint density at radius 3 is 2.74 bits per heavy atom. The van der Waals surface area contributed by atoms with Crippen molar-refractivity contribution in [3.8, 4) is 5.75 Å². The smallest absolute Gasteiger partial charge is 0.245 e. The first-order valence-electron chi connectivity index (χ1n) is 6.39. The van der Waals surface area contributed by atoms with Crippen LogP contribution in [-0.2, 0) is 10.0 Å². The van der Waals surface area contributed by atoms with E-state index in [9.17, 15) is 8.42 Å². The fraction of sp³-hybridized carbons (Fsp3) is 0.538. The van der Waals surface area contributed by atoms with Gasteiger partial charge in [0.2, 0.25) is 10.0 Å². The number of hydrogen-bond donors (Lipinski definition) is 1. The minimum atomic E-state index is -3.50. The summed E-state index contributed by atoms with van der Waals surface area (Å²) in [7, 11) is -1.97. The summed E-state index contributed by atoms with van der Waals surface area (Å²) in [6.45, 7) is 3.20. The highest BCUT2D eigenvalue weighted by Gasteiger charge is 2.30. The standard InChI is InChI=1S/C13H20N2O3S/c1-10-4-3-7-15(9-10)19(16,17)13-6-5-11(18-2)8-12(13)14/h5-6,8,10H,3-4,7,9,14H2,1-2H3. The Bertz CT molecular complexity index is 557. The number of rotatable bonds is 3. The predicted molar refractivity (Wildman–Crippen MR) is 74.6 cm³/mol. The molecule has 0 spiro atoms. The van der Waals surface area contributed by atoms with Gasteiger partial charge < -0.3 is 10.5 Å². The number of ether oxygens (including phenoxy) is 1. The Kier molecular flexibility index (Phi) is 4.01. The molecule has 0 radical (unpaired) electrons. The van der Waals surface area contributed by atoms with Crippen LogP contribution in [0.3, 0.4) is 0 Å². The van der Waals surface area contributed by atoms with Crippen LogP contribution in [-0.4, -0.2) is 32.9 Å². The van der Waals surface area contributed by atoms with Crippen molar-refractivity contribution in [1.29, 1.82) is 0 Å². The number of anilines is 1. The van der Waals surface area contributed by atoms with Gasteiger partial charge in [-0.05, 0) is 30.9 Å². The first-order valence-corrected chi connectivity index (χ1v) is 7.83. The average molecular weight is 284 g/mol. The summed E-state index contributed by atoms with van der Waals surface area (Å²) in [6, 6.07) is 4.68. The van der Waals surface area contributed by atoms with E-state index in [1.165, 1.54) is 17.5 Å². The van der Waals surface area contributed by atoms with Gasteiger partial charge in [-0.1, -0.05) is 6.92 Å². The summed E-state index contributed by atoms with van der Waals surface area (Å²) in [5.74, 6) is 0.950. The molecule has 2 rings (SSSR count). The first kappa shape index (κ1) is 14.1. The zero-order valence-electron chi connectivity index (χ0n) is 11.3. The van der Waals surface area contributed by atoms with Crippen molar-refractivity contribution in [2.45, 2.75) is 24.7 Å². The van der Waals surface area contributed by atoms with Crippen LogP contribution in [0.5, 0.6) is 5.75 Å². The molecule has 0 amide bonds. The van der Waals surface area contributed by atoms with Crippen molar-refractivity contribution in [2.24, 2.45) is 5.92 Å². The topological polar surface area (TPSA) is 72.6 Å². The van der Waals surface area contributed by atoms with E-state index >= 15 is 0 Å². The van der Waals surface area contributed by atoms with Gasteiger partial charge in [-0.2, -0.15) is 4.31 Å². The molecule has 1 unspecified atom stereocenters. The molecule has 0 aromatic heterocycles. The molecule has 6 heteroatoms. The van der Waals surface area contributed by atoms with E-state index in [4.69, 9.17) is 10.5 Å². The van der Waals surface area contributed by atoms with Crippen LogP contribution in [0.2, 0.25) is 0 Å². The molecule has 1 aromatic rings. The molecule has 5 nitrogen and oxygen atoms in total. The van der Waals surface area contributed by atoms with Crippen LogP contribution in [0.15, 0.2) is 23.1 Å². The molecular formula is C13H20N2O3S. The minimum absolute atomic E-state index is 0.169. The highest BCUT2D eigenvalue weighted by Crippen LogP contribution is 2.29. The normalized spacial score (nSPS) is 21.3. The maximum atomic E-state index is 12.6. The summed E-state index contributed by atoms with van der Waals surface area (Å²) in [6.07, 6.45) is 1.97. The van der Waals surface area contributed by atoms with Gasteiger partial charge in [0.1, 0.15) is 10.6 Å². The molecule has 0 saturated carbocycles. The second-order valence-electron chi connectivity index (χ2n) is 5.01. The van der Waals surface area contributed by atoms with Gasteiger partial charge >= 0.3 is 0 Å². The Morgan fingerprint density at radius 1 is 1.42 bits per heavy atom. The van der Waals surface area contributed by atoms with Gasteiger partial charge in [0.15, 0.2) is 0 Å². The summed E-state index contributed by atoms with van der Waals surface area (Å²) >= 11 is 0. The zero-order valence-corrected chi connectivity index (χ0v) is 12.1. The lowest BCUT2D eigenvalue weighted by molar-refractivity contribution is 0.281. The minimum Gasteiger partial charge on any atom is -0.497 e. The summed E-state index contributed by atoms with van der Waals surface area (Å²) < 4.78 is 31.7. The highest BCUT2D eigenvalue weighted by molar-refractivity contribution is 7.89. The number of nitrogen functional groups attached to an aromatic ring is 1. The number of sulfonamides is 1.